The lowest BCUT2D eigenvalue weighted by Crippen LogP contribution is -2.47. The van der Waals surface area contributed by atoms with Crippen molar-refractivity contribution in [1.82, 2.24) is 5.32 Å². The van der Waals surface area contributed by atoms with Crippen molar-refractivity contribution in [3.8, 4) is 0 Å². The van der Waals surface area contributed by atoms with Crippen LogP contribution >= 0.6 is 7.82 Å². The van der Waals surface area contributed by atoms with Gasteiger partial charge >= 0.3 is 5.97 Å². The smallest absolute Gasteiger partial charge is 0.306 e. The van der Waals surface area contributed by atoms with Crippen molar-refractivity contribution in [2.75, 3.05) is 40.9 Å². The summed E-state index contributed by atoms with van der Waals surface area (Å²) in [6, 6.07) is -0.910. The maximum absolute atomic E-state index is 13.5. The maximum atomic E-state index is 13.5. The highest BCUT2D eigenvalue weighted by molar-refractivity contribution is 7.45. The van der Waals surface area contributed by atoms with Gasteiger partial charge in [-0.05, 0) is 102 Å². The zero-order valence-electron chi connectivity index (χ0n) is 46.4. The average molecular weight is 1010 g/mol. The fourth-order valence-corrected chi connectivity index (χ4v) is 8.37. The number of quaternary nitrogens is 1. The topological polar surface area (TPSA) is 114 Å². The highest BCUT2D eigenvalue weighted by Crippen LogP contribution is 2.38. The molecule has 10 heteroatoms. The number of esters is 1. The van der Waals surface area contributed by atoms with Crippen LogP contribution in [-0.4, -0.2) is 69.4 Å². The van der Waals surface area contributed by atoms with E-state index in [0.717, 1.165) is 116 Å². The molecule has 1 N–H and O–H groups in total. The number of likely N-dealkylation sites (N-methyl/N-ethyl adjacent to an activating group) is 1. The van der Waals surface area contributed by atoms with Gasteiger partial charge in [-0.25, -0.2) is 0 Å². The molecule has 0 fully saturated rings. The van der Waals surface area contributed by atoms with Gasteiger partial charge in [0.1, 0.15) is 19.3 Å². The fourth-order valence-electron chi connectivity index (χ4n) is 7.64. The minimum absolute atomic E-state index is 0.0342. The Bertz CT molecular complexity index is 1540. The number of unbranched alkanes of at least 4 members (excludes halogenated alkanes) is 20. The number of allylic oxidation sites excluding steroid dienone is 15. The molecule has 9 nitrogen and oxygen atoms in total. The Hall–Kier alpha value is -3.07. The van der Waals surface area contributed by atoms with Crippen molar-refractivity contribution in [1.29, 1.82) is 0 Å². The second kappa shape index (κ2) is 50.5. The first-order chi connectivity index (χ1) is 34.4. The Balaban J connectivity index is 5.42. The van der Waals surface area contributed by atoms with Gasteiger partial charge in [-0.1, -0.05) is 208 Å². The summed E-state index contributed by atoms with van der Waals surface area (Å²) in [5, 5.41) is 3.00. The second-order valence-corrected chi connectivity index (χ2v) is 21.4. The summed E-state index contributed by atoms with van der Waals surface area (Å²) in [7, 11) is 1.15. The molecule has 0 bridgehead atoms. The predicted octanol–water partition coefficient (Wildman–Crippen LogP) is 16.6. The summed E-state index contributed by atoms with van der Waals surface area (Å²) in [4.78, 5) is 39.8. The van der Waals surface area contributed by atoms with Gasteiger partial charge in [-0.15, -0.1) is 0 Å². The molecular formula is C61H107N2O7P. The van der Waals surface area contributed by atoms with Crippen molar-refractivity contribution < 1.29 is 37.3 Å². The normalized spacial score (nSPS) is 14.5. The molecule has 0 saturated heterocycles. The summed E-state index contributed by atoms with van der Waals surface area (Å²) in [5.74, 6) is -0.595. The number of phosphoric ester groups is 1. The van der Waals surface area contributed by atoms with Crippen molar-refractivity contribution in [3.63, 3.8) is 0 Å². The van der Waals surface area contributed by atoms with Crippen LogP contribution < -0.4 is 10.2 Å². The van der Waals surface area contributed by atoms with Gasteiger partial charge in [0, 0.05) is 12.8 Å². The van der Waals surface area contributed by atoms with Crippen molar-refractivity contribution in [3.05, 3.63) is 97.2 Å². The lowest BCUT2D eigenvalue weighted by Gasteiger charge is -2.30. The van der Waals surface area contributed by atoms with Crippen LogP contribution in [0, 0.1) is 0 Å². The van der Waals surface area contributed by atoms with Gasteiger partial charge in [-0.3, -0.25) is 14.2 Å². The SMILES string of the molecule is CC/C=C\C/C=C\C/C=C\C/C=C\C/C=C\CCCCCC(=O)OC(/C=C/CCCCCCCCCCCC)C(COP(=O)([O-])OCC[N+](C)(C)C)NC(=O)CCCCCCCCC/C=C/C/C=C/CC. The zero-order valence-corrected chi connectivity index (χ0v) is 47.3. The Morgan fingerprint density at radius 1 is 0.507 bits per heavy atom. The third-order valence-electron chi connectivity index (χ3n) is 12.0. The molecule has 0 aromatic rings. The highest BCUT2D eigenvalue weighted by atomic mass is 31.2. The Labute approximate surface area is 437 Å². The molecular weight excluding hydrogens is 904 g/mol. The number of carbonyl (C=O) groups excluding carboxylic acids is 2. The van der Waals surface area contributed by atoms with E-state index in [2.05, 4.69) is 111 Å². The standard InChI is InChI=1S/C61H107N2O7P/c1-7-10-13-16-19-22-25-28-30-31-32-33-34-36-39-42-45-48-51-54-61(65)70-59(52-49-46-43-40-37-27-24-21-18-15-12-9-3)58(57-69-71(66,67)68-56-55-63(4,5)6)62-60(64)53-50-47-44-41-38-35-29-26-23-20-17-14-11-8-2/h10-11,13-14,19-20,22-23,28,30,32-33,36,39,49,52,58-59H,7-9,12,15-18,21,24-27,29,31,34-35,37-38,40-48,50-51,53-57H2,1-6H3,(H-,62,64,66,67)/b13-10-,14-11+,22-19-,23-20+,30-28-,33-32-,39-36-,52-49+. The van der Waals surface area contributed by atoms with E-state index in [9.17, 15) is 19.0 Å². The van der Waals surface area contributed by atoms with Crippen molar-refractivity contribution >= 4 is 19.7 Å². The van der Waals surface area contributed by atoms with Crippen LogP contribution in [-0.2, 0) is 27.9 Å². The molecule has 0 aliphatic rings. The first-order valence-electron chi connectivity index (χ1n) is 28.5. The van der Waals surface area contributed by atoms with E-state index in [1.807, 2.05) is 33.3 Å². The number of carbonyl (C=O) groups is 2. The van der Waals surface area contributed by atoms with Crippen molar-refractivity contribution in [2.24, 2.45) is 0 Å². The third kappa shape index (κ3) is 51.6. The molecule has 0 radical (unpaired) electrons. The molecule has 3 atom stereocenters. The monoisotopic (exact) mass is 1010 g/mol. The third-order valence-corrected chi connectivity index (χ3v) is 13.0. The second-order valence-electron chi connectivity index (χ2n) is 20.0. The van der Waals surface area contributed by atoms with Gasteiger partial charge in [0.25, 0.3) is 7.82 Å². The Kier molecular flexibility index (Phi) is 48.3. The summed E-state index contributed by atoms with van der Waals surface area (Å²) >= 11 is 0. The molecule has 408 valence electrons. The van der Waals surface area contributed by atoms with Gasteiger partial charge in [0.2, 0.25) is 5.91 Å². The predicted molar refractivity (Wildman–Crippen MR) is 302 cm³/mol. The molecule has 0 heterocycles. The lowest BCUT2D eigenvalue weighted by molar-refractivity contribution is -0.870. The maximum Gasteiger partial charge on any atom is 0.306 e. The average Bonchev–Trinajstić information content (AvgIpc) is 3.33. The van der Waals surface area contributed by atoms with Gasteiger partial charge in [0.05, 0.1) is 33.8 Å². The van der Waals surface area contributed by atoms with E-state index in [-0.39, 0.29) is 24.9 Å². The minimum Gasteiger partial charge on any atom is -0.756 e. The van der Waals surface area contributed by atoms with Gasteiger partial charge < -0.3 is 28.5 Å². The fraction of sp³-hybridized carbons (Fsp3) is 0.705. The van der Waals surface area contributed by atoms with Crippen LogP contribution in [0.15, 0.2) is 97.2 Å². The van der Waals surface area contributed by atoms with Gasteiger partial charge in [0.15, 0.2) is 0 Å². The summed E-state index contributed by atoms with van der Waals surface area (Å²) < 4.78 is 30.2. The molecule has 0 aromatic heterocycles. The molecule has 0 rings (SSSR count). The number of hydrogen-bond acceptors (Lipinski definition) is 7. The molecule has 1 amide bonds. The number of ether oxygens (including phenoxy) is 1. The van der Waals surface area contributed by atoms with Crippen LogP contribution in [0.3, 0.4) is 0 Å². The number of rotatable bonds is 50. The van der Waals surface area contributed by atoms with Gasteiger partial charge in [-0.2, -0.15) is 0 Å². The van der Waals surface area contributed by atoms with Crippen LogP contribution in [0.1, 0.15) is 226 Å². The molecule has 0 spiro atoms. The van der Waals surface area contributed by atoms with E-state index in [1.165, 1.54) is 70.6 Å². The number of phosphoric acid groups is 1. The molecule has 0 aliphatic carbocycles. The van der Waals surface area contributed by atoms with Crippen LogP contribution in [0.5, 0.6) is 0 Å². The number of hydrogen-bond donors (Lipinski definition) is 1. The minimum atomic E-state index is -4.71. The molecule has 0 aromatic carbocycles. The number of nitrogens with zero attached hydrogens (tertiary/aromatic N) is 1. The Morgan fingerprint density at radius 3 is 1.37 bits per heavy atom. The molecule has 0 saturated carbocycles. The number of nitrogens with one attached hydrogen (secondary N) is 1. The first kappa shape index (κ1) is 67.9. The molecule has 0 aliphatic heterocycles. The molecule has 3 unspecified atom stereocenters. The summed E-state index contributed by atoms with van der Waals surface area (Å²) in [6.07, 6.45) is 66.6. The van der Waals surface area contributed by atoms with E-state index >= 15 is 0 Å². The Morgan fingerprint density at radius 2 is 0.901 bits per heavy atom. The quantitative estimate of drug-likeness (QED) is 0.0212. The summed E-state index contributed by atoms with van der Waals surface area (Å²) in [5.41, 5.74) is 0. The summed E-state index contributed by atoms with van der Waals surface area (Å²) in [6.45, 7) is 6.57. The van der Waals surface area contributed by atoms with Crippen LogP contribution in [0.25, 0.3) is 0 Å². The van der Waals surface area contributed by atoms with Crippen LogP contribution in [0.4, 0.5) is 0 Å². The largest absolute Gasteiger partial charge is 0.756 e. The molecule has 71 heavy (non-hydrogen) atoms. The van der Waals surface area contributed by atoms with E-state index in [4.69, 9.17) is 13.8 Å². The zero-order chi connectivity index (χ0) is 52.2. The number of amides is 1. The van der Waals surface area contributed by atoms with E-state index < -0.39 is 26.6 Å². The van der Waals surface area contributed by atoms with Crippen LogP contribution in [0.2, 0.25) is 0 Å². The first-order valence-corrected chi connectivity index (χ1v) is 30.0. The van der Waals surface area contributed by atoms with Crippen molar-refractivity contribution in [2.45, 2.75) is 238 Å². The van der Waals surface area contributed by atoms with E-state index in [1.54, 1.807) is 0 Å². The van der Waals surface area contributed by atoms with E-state index in [0.29, 0.717) is 23.9 Å². The highest BCUT2D eigenvalue weighted by Gasteiger charge is 2.27. The lowest BCUT2D eigenvalue weighted by atomic mass is 10.0.